The number of aryl methyl sites for hydroxylation is 2. The van der Waals surface area contributed by atoms with Gasteiger partial charge in [0.2, 0.25) is 5.91 Å². The minimum absolute atomic E-state index is 0.110. The molecule has 0 saturated carbocycles. The van der Waals surface area contributed by atoms with Gasteiger partial charge in [0.15, 0.2) is 0 Å². The van der Waals surface area contributed by atoms with Crippen molar-refractivity contribution in [1.29, 1.82) is 0 Å². The van der Waals surface area contributed by atoms with Crippen LogP contribution in [0.4, 0.5) is 0 Å². The van der Waals surface area contributed by atoms with Gasteiger partial charge in [-0.1, -0.05) is 28.1 Å². The van der Waals surface area contributed by atoms with Crippen LogP contribution in [0.3, 0.4) is 0 Å². The van der Waals surface area contributed by atoms with Crippen molar-refractivity contribution in [2.24, 2.45) is 5.10 Å². The van der Waals surface area contributed by atoms with Crippen LogP contribution in [0, 0.1) is 13.8 Å². The summed E-state index contributed by atoms with van der Waals surface area (Å²) in [6.07, 6.45) is 2.67. The van der Waals surface area contributed by atoms with Gasteiger partial charge >= 0.3 is 0 Å². The first kappa shape index (κ1) is 15.4. The third-order valence-electron chi connectivity index (χ3n) is 3.13. The van der Waals surface area contributed by atoms with E-state index in [9.17, 15) is 4.79 Å². The van der Waals surface area contributed by atoms with Crippen LogP contribution in [0.25, 0.3) is 0 Å². The van der Waals surface area contributed by atoms with Crippen LogP contribution in [-0.4, -0.2) is 22.3 Å². The summed E-state index contributed by atoms with van der Waals surface area (Å²) in [5, 5.41) is 11.0. The van der Waals surface area contributed by atoms with E-state index in [1.807, 2.05) is 38.1 Å². The normalized spacial score (nSPS) is 11.0. The minimum atomic E-state index is -0.110. The number of aromatic nitrogens is 2. The van der Waals surface area contributed by atoms with E-state index < -0.39 is 0 Å². The molecule has 2 rings (SSSR count). The number of carbonyl (C=O) groups is 1. The molecule has 0 fully saturated rings. The quantitative estimate of drug-likeness (QED) is 0.644. The summed E-state index contributed by atoms with van der Waals surface area (Å²) in [6, 6.07) is 7.69. The molecule has 1 aromatic carbocycles. The number of amides is 1. The number of hydrogen-bond acceptors (Lipinski definition) is 3. The van der Waals surface area contributed by atoms with Gasteiger partial charge in [-0.15, -0.1) is 0 Å². The molecule has 1 amide bonds. The molecule has 1 aromatic heterocycles. The lowest BCUT2D eigenvalue weighted by molar-refractivity contribution is -0.121. The average Bonchev–Trinajstić information content (AvgIpc) is 2.76. The van der Waals surface area contributed by atoms with Gasteiger partial charge in [-0.3, -0.25) is 9.89 Å². The van der Waals surface area contributed by atoms with Crippen molar-refractivity contribution in [2.45, 2.75) is 26.7 Å². The Kier molecular flexibility index (Phi) is 5.27. The van der Waals surface area contributed by atoms with Crippen LogP contribution < -0.4 is 5.43 Å². The SMILES string of the molecule is Cc1n[nH]c(C)c1CCC(=O)N/N=C/c1cccc(Br)c1. The molecule has 110 valence electrons. The van der Waals surface area contributed by atoms with Gasteiger partial charge in [-0.25, -0.2) is 5.43 Å². The topological polar surface area (TPSA) is 70.1 Å². The van der Waals surface area contributed by atoms with Gasteiger partial charge in [0.05, 0.1) is 11.9 Å². The number of nitrogens with zero attached hydrogens (tertiary/aromatic N) is 2. The first-order chi connectivity index (χ1) is 10.1. The zero-order valence-corrected chi connectivity index (χ0v) is 13.6. The van der Waals surface area contributed by atoms with Gasteiger partial charge in [-0.05, 0) is 43.5 Å². The number of H-pyrrole nitrogens is 1. The Bertz CT molecular complexity index is 644. The van der Waals surface area contributed by atoms with Crippen molar-refractivity contribution in [2.75, 3.05) is 0 Å². The number of carbonyl (C=O) groups excluding carboxylic acids is 1. The second-order valence-corrected chi connectivity index (χ2v) is 5.68. The summed E-state index contributed by atoms with van der Waals surface area (Å²) < 4.78 is 0.976. The summed E-state index contributed by atoms with van der Waals surface area (Å²) in [4.78, 5) is 11.8. The van der Waals surface area contributed by atoms with Crippen molar-refractivity contribution in [3.8, 4) is 0 Å². The monoisotopic (exact) mass is 348 g/mol. The van der Waals surface area contributed by atoms with Gasteiger partial charge in [0, 0.05) is 16.6 Å². The van der Waals surface area contributed by atoms with Gasteiger partial charge in [0.1, 0.15) is 0 Å². The second kappa shape index (κ2) is 7.17. The zero-order valence-electron chi connectivity index (χ0n) is 12.0. The third-order valence-corrected chi connectivity index (χ3v) is 3.63. The Hall–Kier alpha value is -1.95. The van der Waals surface area contributed by atoms with Crippen molar-refractivity contribution in [3.05, 3.63) is 51.3 Å². The van der Waals surface area contributed by atoms with Crippen molar-refractivity contribution < 1.29 is 4.79 Å². The zero-order chi connectivity index (χ0) is 15.2. The maximum Gasteiger partial charge on any atom is 0.240 e. The summed E-state index contributed by atoms with van der Waals surface area (Å²) in [7, 11) is 0. The predicted molar refractivity (Wildman–Crippen MR) is 86.3 cm³/mol. The third kappa shape index (κ3) is 4.53. The fourth-order valence-electron chi connectivity index (χ4n) is 2.00. The number of halogens is 1. The highest BCUT2D eigenvalue weighted by Crippen LogP contribution is 2.12. The van der Waals surface area contributed by atoms with Crippen molar-refractivity contribution in [3.63, 3.8) is 0 Å². The number of nitrogens with one attached hydrogen (secondary N) is 2. The molecule has 0 radical (unpaired) electrons. The molecule has 0 atom stereocenters. The van der Waals surface area contributed by atoms with E-state index in [4.69, 9.17) is 0 Å². The smallest absolute Gasteiger partial charge is 0.240 e. The highest BCUT2D eigenvalue weighted by Gasteiger charge is 2.08. The van der Waals surface area contributed by atoms with E-state index in [-0.39, 0.29) is 5.91 Å². The molecular weight excluding hydrogens is 332 g/mol. The number of rotatable bonds is 5. The summed E-state index contributed by atoms with van der Waals surface area (Å²) in [5.41, 5.74) is 6.51. The molecule has 2 N–H and O–H groups in total. The Balaban J connectivity index is 1.83. The summed E-state index contributed by atoms with van der Waals surface area (Å²) >= 11 is 3.39. The Labute approximate surface area is 132 Å². The molecular formula is C15H17BrN4O. The average molecular weight is 349 g/mol. The largest absolute Gasteiger partial charge is 0.282 e. The van der Waals surface area contributed by atoms with Crippen LogP contribution in [0.2, 0.25) is 0 Å². The molecule has 0 aliphatic carbocycles. The number of benzene rings is 1. The van der Waals surface area contributed by atoms with Crippen LogP contribution >= 0.6 is 15.9 Å². The van der Waals surface area contributed by atoms with E-state index >= 15 is 0 Å². The maximum atomic E-state index is 11.8. The van der Waals surface area contributed by atoms with Crippen LogP contribution in [-0.2, 0) is 11.2 Å². The molecule has 0 aliphatic rings. The summed E-state index contributed by atoms with van der Waals surface area (Å²) in [6.45, 7) is 3.89. The Morgan fingerprint density at radius 2 is 2.29 bits per heavy atom. The molecule has 2 aromatic rings. The molecule has 0 saturated heterocycles. The van der Waals surface area contributed by atoms with Crippen LogP contribution in [0.5, 0.6) is 0 Å². The van der Waals surface area contributed by atoms with Crippen LogP contribution in [0.1, 0.15) is 28.9 Å². The van der Waals surface area contributed by atoms with Gasteiger partial charge < -0.3 is 0 Å². The van der Waals surface area contributed by atoms with E-state index in [0.717, 1.165) is 27.0 Å². The lowest BCUT2D eigenvalue weighted by Crippen LogP contribution is -2.18. The number of hydrazone groups is 1. The first-order valence-electron chi connectivity index (χ1n) is 6.64. The Morgan fingerprint density at radius 3 is 2.95 bits per heavy atom. The molecule has 5 nitrogen and oxygen atoms in total. The molecule has 6 heteroatoms. The van der Waals surface area contributed by atoms with E-state index in [1.54, 1.807) is 6.21 Å². The molecule has 0 unspecified atom stereocenters. The fourth-order valence-corrected chi connectivity index (χ4v) is 2.42. The number of aromatic amines is 1. The fraction of sp³-hybridized carbons (Fsp3) is 0.267. The highest BCUT2D eigenvalue weighted by molar-refractivity contribution is 9.10. The first-order valence-corrected chi connectivity index (χ1v) is 7.43. The molecule has 1 heterocycles. The molecule has 0 spiro atoms. The van der Waals surface area contributed by atoms with E-state index in [0.29, 0.717) is 12.8 Å². The van der Waals surface area contributed by atoms with Crippen molar-refractivity contribution in [1.82, 2.24) is 15.6 Å². The predicted octanol–water partition coefficient (Wildman–Crippen LogP) is 2.87. The summed E-state index contributed by atoms with van der Waals surface area (Å²) in [5.74, 6) is -0.110. The van der Waals surface area contributed by atoms with E-state index in [2.05, 4.69) is 36.7 Å². The lowest BCUT2D eigenvalue weighted by Gasteiger charge is -2.01. The maximum absolute atomic E-state index is 11.8. The molecule has 21 heavy (non-hydrogen) atoms. The Morgan fingerprint density at radius 1 is 1.48 bits per heavy atom. The lowest BCUT2D eigenvalue weighted by atomic mass is 10.1. The number of hydrogen-bond donors (Lipinski definition) is 2. The van der Waals surface area contributed by atoms with Crippen LogP contribution in [0.15, 0.2) is 33.8 Å². The van der Waals surface area contributed by atoms with E-state index in [1.165, 1.54) is 0 Å². The minimum Gasteiger partial charge on any atom is -0.282 e. The molecule has 0 aliphatic heterocycles. The standard InChI is InChI=1S/C15H17BrN4O/c1-10-14(11(2)19-18-10)6-7-15(21)20-17-9-12-4-3-5-13(16)8-12/h3-5,8-9H,6-7H2,1-2H3,(H,18,19)(H,20,21)/b17-9+. The second-order valence-electron chi connectivity index (χ2n) is 4.76. The van der Waals surface area contributed by atoms with Crippen molar-refractivity contribution >= 4 is 28.1 Å². The highest BCUT2D eigenvalue weighted by atomic mass is 79.9. The van der Waals surface area contributed by atoms with Gasteiger partial charge in [-0.2, -0.15) is 10.2 Å². The van der Waals surface area contributed by atoms with Gasteiger partial charge in [0.25, 0.3) is 0 Å². The molecule has 0 bridgehead atoms.